The van der Waals surface area contributed by atoms with E-state index in [0.29, 0.717) is 19.1 Å². The van der Waals surface area contributed by atoms with Crippen LogP contribution in [0, 0.1) is 0 Å². The molecule has 2 fully saturated rings. The molecule has 0 aliphatic carbocycles. The number of hydrogen-bond acceptors (Lipinski definition) is 3. The van der Waals surface area contributed by atoms with E-state index in [1.54, 1.807) is 4.90 Å². The van der Waals surface area contributed by atoms with Gasteiger partial charge >= 0.3 is 6.03 Å². The van der Waals surface area contributed by atoms with Crippen LogP contribution in [0.15, 0.2) is 24.3 Å². The fourth-order valence-electron chi connectivity index (χ4n) is 4.65. The first-order chi connectivity index (χ1) is 13.2. The molecule has 4 rings (SSSR count). The van der Waals surface area contributed by atoms with Gasteiger partial charge in [0.15, 0.2) is 0 Å². The first-order valence-electron chi connectivity index (χ1n) is 10.3. The zero-order chi connectivity index (χ0) is 18.6. The monoisotopic (exact) mass is 370 g/mol. The van der Waals surface area contributed by atoms with Gasteiger partial charge in [-0.3, -0.25) is 4.79 Å². The molecule has 1 atom stereocenters. The molecule has 6 nitrogen and oxygen atoms in total. The van der Waals surface area contributed by atoms with E-state index < -0.39 is 0 Å². The van der Waals surface area contributed by atoms with Crippen LogP contribution >= 0.6 is 0 Å². The van der Waals surface area contributed by atoms with Gasteiger partial charge in [-0.15, -0.1) is 0 Å². The predicted octanol–water partition coefficient (Wildman–Crippen LogP) is 1.84. The molecule has 0 bridgehead atoms. The molecule has 1 unspecified atom stereocenters. The Morgan fingerprint density at radius 3 is 2.59 bits per heavy atom. The van der Waals surface area contributed by atoms with Crippen LogP contribution in [0.3, 0.4) is 0 Å². The third-order valence-electron chi connectivity index (χ3n) is 6.17. The third kappa shape index (κ3) is 4.26. The summed E-state index contributed by atoms with van der Waals surface area (Å²) in [5, 5.41) is 2.86. The van der Waals surface area contributed by atoms with Crippen LogP contribution in [0.25, 0.3) is 0 Å². The van der Waals surface area contributed by atoms with Crippen LogP contribution in [0.4, 0.5) is 4.79 Å². The standard InChI is InChI=1S/C21H30N4O2/c26-20(25-12-5-8-19(25)16-23-10-3-4-11-23)14-22-21(27)24-13-9-17-6-1-2-7-18(17)15-24/h1-2,6-7,19H,3-5,8-16H2,(H,22,27). The Bertz CT molecular complexity index is 687. The Morgan fingerprint density at radius 2 is 1.78 bits per heavy atom. The summed E-state index contributed by atoms with van der Waals surface area (Å²) in [5.41, 5.74) is 2.52. The van der Waals surface area contributed by atoms with Crippen LogP contribution < -0.4 is 5.32 Å². The fourth-order valence-corrected chi connectivity index (χ4v) is 4.65. The number of likely N-dealkylation sites (tertiary alicyclic amines) is 2. The van der Waals surface area contributed by atoms with Crippen molar-refractivity contribution in [2.45, 2.75) is 44.7 Å². The van der Waals surface area contributed by atoms with E-state index in [2.05, 4.69) is 22.3 Å². The Morgan fingerprint density at radius 1 is 1.00 bits per heavy atom. The number of urea groups is 1. The number of carbonyl (C=O) groups excluding carboxylic acids is 2. The fraction of sp³-hybridized carbons (Fsp3) is 0.619. The van der Waals surface area contributed by atoms with Crippen molar-refractivity contribution in [3.8, 4) is 0 Å². The smallest absolute Gasteiger partial charge is 0.318 e. The van der Waals surface area contributed by atoms with Gasteiger partial charge in [-0.25, -0.2) is 4.79 Å². The molecular formula is C21H30N4O2. The van der Waals surface area contributed by atoms with Crippen molar-refractivity contribution in [3.63, 3.8) is 0 Å². The van der Waals surface area contributed by atoms with E-state index in [4.69, 9.17) is 0 Å². The molecule has 2 saturated heterocycles. The number of benzene rings is 1. The zero-order valence-electron chi connectivity index (χ0n) is 16.0. The first kappa shape index (κ1) is 18.3. The maximum Gasteiger partial charge on any atom is 0.318 e. The lowest BCUT2D eigenvalue weighted by atomic mass is 10.0. The molecule has 1 N–H and O–H groups in total. The summed E-state index contributed by atoms with van der Waals surface area (Å²) in [6.07, 6.45) is 5.58. The highest BCUT2D eigenvalue weighted by atomic mass is 16.2. The van der Waals surface area contributed by atoms with E-state index >= 15 is 0 Å². The minimum atomic E-state index is -0.131. The van der Waals surface area contributed by atoms with Crippen molar-refractivity contribution in [3.05, 3.63) is 35.4 Å². The first-order valence-corrected chi connectivity index (χ1v) is 10.3. The summed E-state index contributed by atoms with van der Waals surface area (Å²) in [7, 11) is 0. The third-order valence-corrected chi connectivity index (χ3v) is 6.17. The number of rotatable bonds is 4. The summed E-state index contributed by atoms with van der Waals surface area (Å²) in [4.78, 5) is 31.5. The summed E-state index contributed by atoms with van der Waals surface area (Å²) < 4.78 is 0. The van der Waals surface area contributed by atoms with E-state index in [1.165, 1.54) is 24.0 Å². The maximum absolute atomic E-state index is 12.7. The summed E-state index contributed by atoms with van der Waals surface area (Å²) in [6.45, 7) is 5.56. The summed E-state index contributed by atoms with van der Waals surface area (Å²) >= 11 is 0. The van der Waals surface area contributed by atoms with Crippen LogP contribution in [0.1, 0.15) is 36.8 Å². The van der Waals surface area contributed by atoms with E-state index in [1.807, 2.05) is 17.0 Å². The van der Waals surface area contributed by atoms with Gasteiger partial charge in [0.25, 0.3) is 0 Å². The number of carbonyl (C=O) groups is 2. The van der Waals surface area contributed by atoms with Crippen LogP contribution in [-0.2, 0) is 17.8 Å². The van der Waals surface area contributed by atoms with Gasteiger partial charge in [0, 0.05) is 32.2 Å². The lowest BCUT2D eigenvalue weighted by Crippen LogP contribution is -2.49. The van der Waals surface area contributed by atoms with Gasteiger partial charge < -0.3 is 20.0 Å². The lowest BCUT2D eigenvalue weighted by molar-refractivity contribution is -0.131. The molecule has 0 spiro atoms. The number of nitrogens with zero attached hydrogens (tertiary/aromatic N) is 3. The maximum atomic E-state index is 12.7. The average molecular weight is 370 g/mol. The molecule has 0 radical (unpaired) electrons. The Hall–Kier alpha value is -2.08. The molecule has 3 aliphatic rings. The largest absolute Gasteiger partial charge is 0.337 e. The molecule has 0 saturated carbocycles. The highest BCUT2D eigenvalue weighted by molar-refractivity contribution is 5.84. The normalized spacial score (nSPS) is 22.7. The highest BCUT2D eigenvalue weighted by Gasteiger charge is 2.31. The molecule has 3 heterocycles. The molecule has 27 heavy (non-hydrogen) atoms. The summed E-state index contributed by atoms with van der Waals surface area (Å²) in [6, 6.07) is 8.44. The van der Waals surface area contributed by atoms with E-state index in [0.717, 1.165) is 45.4 Å². The van der Waals surface area contributed by atoms with Gasteiger partial charge in [-0.1, -0.05) is 24.3 Å². The van der Waals surface area contributed by atoms with Gasteiger partial charge in [-0.05, 0) is 56.3 Å². The predicted molar refractivity (Wildman–Crippen MR) is 104 cm³/mol. The second-order valence-corrected chi connectivity index (χ2v) is 7.99. The molecule has 3 amide bonds. The highest BCUT2D eigenvalue weighted by Crippen LogP contribution is 2.21. The van der Waals surface area contributed by atoms with E-state index in [9.17, 15) is 9.59 Å². The van der Waals surface area contributed by atoms with Gasteiger partial charge in [-0.2, -0.15) is 0 Å². The second kappa shape index (κ2) is 8.30. The summed E-state index contributed by atoms with van der Waals surface area (Å²) in [5.74, 6) is 0.0578. The van der Waals surface area contributed by atoms with Crippen LogP contribution in [0.2, 0.25) is 0 Å². The number of amides is 3. The molecular weight excluding hydrogens is 340 g/mol. The van der Waals surface area contributed by atoms with Gasteiger partial charge in [0.1, 0.15) is 0 Å². The topological polar surface area (TPSA) is 55.9 Å². The van der Waals surface area contributed by atoms with Crippen molar-refractivity contribution in [2.75, 3.05) is 39.3 Å². The van der Waals surface area contributed by atoms with Crippen LogP contribution in [-0.4, -0.2) is 71.9 Å². The number of hydrogen-bond donors (Lipinski definition) is 1. The minimum absolute atomic E-state index is 0.0578. The minimum Gasteiger partial charge on any atom is -0.337 e. The van der Waals surface area contributed by atoms with Gasteiger partial charge in [0.2, 0.25) is 5.91 Å². The average Bonchev–Trinajstić information content (AvgIpc) is 3.38. The van der Waals surface area contributed by atoms with Crippen LogP contribution in [0.5, 0.6) is 0 Å². The Balaban J connectivity index is 1.26. The van der Waals surface area contributed by atoms with Crippen molar-refractivity contribution < 1.29 is 9.59 Å². The zero-order valence-corrected chi connectivity index (χ0v) is 16.0. The number of fused-ring (bicyclic) bond motifs is 1. The van der Waals surface area contributed by atoms with Crippen molar-refractivity contribution >= 4 is 11.9 Å². The van der Waals surface area contributed by atoms with Gasteiger partial charge in [0.05, 0.1) is 6.54 Å². The lowest BCUT2D eigenvalue weighted by Gasteiger charge is -2.30. The Kier molecular flexibility index (Phi) is 5.62. The molecule has 3 aliphatic heterocycles. The number of nitrogens with one attached hydrogen (secondary N) is 1. The Labute approximate surface area is 161 Å². The molecule has 146 valence electrons. The van der Waals surface area contributed by atoms with E-state index in [-0.39, 0.29) is 18.5 Å². The quantitative estimate of drug-likeness (QED) is 0.880. The molecule has 0 aromatic heterocycles. The molecule has 6 heteroatoms. The van der Waals surface area contributed by atoms with Crippen molar-refractivity contribution in [1.29, 1.82) is 0 Å². The van der Waals surface area contributed by atoms with Crippen molar-refractivity contribution in [2.24, 2.45) is 0 Å². The SMILES string of the molecule is O=C(NCC(=O)N1CCCC1CN1CCCC1)N1CCc2ccccc2C1. The molecule has 1 aromatic rings. The van der Waals surface area contributed by atoms with Crippen molar-refractivity contribution in [1.82, 2.24) is 20.0 Å². The molecule has 1 aromatic carbocycles. The second-order valence-electron chi connectivity index (χ2n) is 7.99.